The van der Waals surface area contributed by atoms with Gasteiger partial charge in [0.05, 0.1) is 23.2 Å². The predicted octanol–water partition coefficient (Wildman–Crippen LogP) is -5.34. The standard InChI is InChI=1S/C18H32N4.2ClHO4.Co/c1-13-9-17(5,6)19-12-16(4)22-14(2)10-18(7,8)20-11-15(3)21-13;2*2-1(3,4)5;/h11-12,15-16H,9-10H2,1-8H3;2*(H,2,3,4,5);/q;;;+2/p-2/t15-,16+;;;. The summed E-state index contributed by atoms with van der Waals surface area (Å²) in [5.41, 5.74) is 1.93. The first-order valence-corrected chi connectivity index (χ1v) is 11.9. The summed E-state index contributed by atoms with van der Waals surface area (Å²) in [4.78, 5) is 18.9. The van der Waals surface area contributed by atoms with E-state index in [9.17, 15) is 0 Å². The first kappa shape index (κ1) is 37.0. The van der Waals surface area contributed by atoms with E-state index in [0.29, 0.717) is 0 Å². The Balaban J connectivity index is -0.000000686. The summed E-state index contributed by atoms with van der Waals surface area (Å²) >= 11 is 0. The Bertz CT molecular complexity index is 620. The van der Waals surface area contributed by atoms with Crippen molar-refractivity contribution in [1.29, 1.82) is 0 Å². The minimum Gasteiger partial charge on any atom is -0.289 e. The zero-order valence-electron chi connectivity index (χ0n) is 19.9. The molecule has 0 saturated carbocycles. The molecule has 0 spiro atoms. The molecule has 1 aliphatic heterocycles. The Hall–Kier alpha value is -0.554. The van der Waals surface area contributed by atoms with Gasteiger partial charge in [-0.05, 0) is 55.4 Å². The third-order valence-corrected chi connectivity index (χ3v) is 3.50. The molecule has 0 aromatic carbocycles. The van der Waals surface area contributed by atoms with Gasteiger partial charge in [-0.3, -0.25) is 20.0 Å². The molecule has 1 radical (unpaired) electrons. The monoisotopic (exact) mass is 561 g/mol. The molecular weight excluding hydrogens is 530 g/mol. The van der Waals surface area contributed by atoms with Crippen LogP contribution in [0, 0.1) is 20.5 Å². The molecule has 0 aliphatic carbocycles. The van der Waals surface area contributed by atoms with Crippen LogP contribution in [-0.2, 0) is 16.8 Å². The van der Waals surface area contributed by atoms with Gasteiger partial charge in [-0.25, -0.2) is 37.3 Å². The van der Waals surface area contributed by atoms with Crippen LogP contribution in [0.1, 0.15) is 68.2 Å². The van der Waals surface area contributed by atoms with Crippen molar-refractivity contribution in [3.8, 4) is 0 Å². The fourth-order valence-corrected chi connectivity index (χ4v) is 2.82. The van der Waals surface area contributed by atoms with Crippen molar-refractivity contribution in [3.63, 3.8) is 0 Å². The van der Waals surface area contributed by atoms with Gasteiger partial charge in [-0.1, -0.05) is 0 Å². The van der Waals surface area contributed by atoms with Crippen LogP contribution in [0.4, 0.5) is 0 Å². The SMILES string of the molecule is CC1=N[C@H](C)C=NC(C)(C)CC(C)=N[C@@H](C)C=NC(C)(C)C1.[Co+2].[O-][Cl+3]([O-])([O-])[O-].[O-][Cl+3]([O-])([O-])[O-]. The average Bonchev–Trinajstić information content (AvgIpc) is 2.46. The molecule has 33 heavy (non-hydrogen) atoms. The molecule has 0 amide bonds. The Morgan fingerprint density at radius 3 is 1.09 bits per heavy atom. The molecule has 195 valence electrons. The van der Waals surface area contributed by atoms with Crippen LogP contribution in [0.25, 0.3) is 0 Å². The molecule has 0 unspecified atom stereocenters. The second-order valence-electron chi connectivity index (χ2n) is 8.50. The second-order valence-corrected chi connectivity index (χ2v) is 10.0. The zero-order valence-corrected chi connectivity index (χ0v) is 22.4. The van der Waals surface area contributed by atoms with E-state index < -0.39 is 20.5 Å². The Morgan fingerprint density at radius 2 is 0.879 bits per heavy atom. The maximum atomic E-state index is 8.49. The topological polar surface area (TPSA) is 234 Å². The predicted molar refractivity (Wildman–Crippen MR) is 99.5 cm³/mol. The molecule has 0 N–H and O–H groups in total. The van der Waals surface area contributed by atoms with E-state index in [0.717, 1.165) is 24.3 Å². The van der Waals surface area contributed by atoms with Crippen LogP contribution in [0.3, 0.4) is 0 Å². The van der Waals surface area contributed by atoms with Gasteiger partial charge in [0, 0.05) is 36.7 Å². The van der Waals surface area contributed by atoms with E-state index in [1.807, 2.05) is 12.4 Å². The summed E-state index contributed by atoms with van der Waals surface area (Å²) in [6, 6.07) is 0.191. The fraction of sp³-hybridized carbons (Fsp3) is 0.778. The summed E-state index contributed by atoms with van der Waals surface area (Å²) in [6.07, 6.45) is 5.62. The molecule has 0 fully saturated rings. The van der Waals surface area contributed by atoms with Gasteiger partial charge in [0.2, 0.25) is 0 Å². The van der Waals surface area contributed by atoms with Crippen molar-refractivity contribution in [2.24, 2.45) is 20.0 Å². The molecule has 0 bridgehead atoms. The van der Waals surface area contributed by atoms with Gasteiger partial charge in [-0.2, -0.15) is 0 Å². The largest absolute Gasteiger partial charge is 2.00 e. The summed E-state index contributed by atoms with van der Waals surface area (Å²) in [5.74, 6) is 0. The smallest absolute Gasteiger partial charge is 0.289 e. The molecule has 0 aromatic rings. The van der Waals surface area contributed by atoms with Crippen LogP contribution in [0.2, 0.25) is 0 Å². The second kappa shape index (κ2) is 15.4. The van der Waals surface area contributed by atoms with Crippen LogP contribution in [-0.4, -0.2) is 47.0 Å². The van der Waals surface area contributed by atoms with Crippen LogP contribution >= 0.6 is 0 Å². The summed E-state index contributed by atoms with van der Waals surface area (Å²) < 4.78 is 67.9. The van der Waals surface area contributed by atoms with Crippen LogP contribution < -0.4 is 37.3 Å². The number of hydrogen-bond donors (Lipinski definition) is 0. The normalized spacial score (nSPS) is 23.3. The maximum Gasteiger partial charge on any atom is 2.00 e. The van der Waals surface area contributed by atoms with Crippen LogP contribution in [0.15, 0.2) is 20.0 Å². The van der Waals surface area contributed by atoms with Gasteiger partial charge < -0.3 is 0 Å². The Labute approximate surface area is 209 Å². The molecule has 1 heterocycles. The third-order valence-electron chi connectivity index (χ3n) is 3.50. The number of nitrogens with zero attached hydrogens (tertiary/aromatic N) is 4. The quantitative estimate of drug-likeness (QED) is 0.276. The molecule has 1 rings (SSSR count). The third kappa shape index (κ3) is 31.4. The maximum absolute atomic E-state index is 8.49. The van der Waals surface area contributed by atoms with Crippen molar-refractivity contribution in [2.75, 3.05) is 0 Å². The molecule has 2 atom stereocenters. The summed E-state index contributed by atoms with van der Waals surface area (Å²) in [6.45, 7) is 16.9. The van der Waals surface area contributed by atoms with Gasteiger partial charge >= 0.3 is 16.8 Å². The van der Waals surface area contributed by atoms with E-state index >= 15 is 0 Å². The van der Waals surface area contributed by atoms with Gasteiger partial charge in [0.25, 0.3) is 0 Å². The first-order valence-electron chi connectivity index (χ1n) is 9.40. The number of halogens is 2. The van der Waals surface area contributed by atoms with E-state index in [4.69, 9.17) is 57.2 Å². The number of hydrogen-bond acceptors (Lipinski definition) is 12. The fourth-order valence-electron chi connectivity index (χ4n) is 2.82. The van der Waals surface area contributed by atoms with Crippen molar-refractivity contribution < 1.29 is 74.5 Å². The van der Waals surface area contributed by atoms with Crippen molar-refractivity contribution in [2.45, 2.75) is 91.4 Å². The number of aliphatic imine (C=N–C) groups is 4. The van der Waals surface area contributed by atoms with Gasteiger partial charge in [0.15, 0.2) is 0 Å². The molecule has 0 saturated heterocycles. The first-order chi connectivity index (χ1) is 14.0. The van der Waals surface area contributed by atoms with E-state index in [2.05, 4.69) is 55.4 Å². The minimum absolute atomic E-state index is 0. The molecule has 1 aliphatic rings. The van der Waals surface area contributed by atoms with E-state index in [-0.39, 0.29) is 39.9 Å². The van der Waals surface area contributed by atoms with Crippen molar-refractivity contribution in [1.82, 2.24) is 0 Å². The summed E-state index contributed by atoms with van der Waals surface area (Å²) in [5, 5.41) is 0. The Morgan fingerprint density at radius 1 is 0.667 bits per heavy atom. The molecular formula is C18H32Cl2CoN4O8. The van der Waals surface area contributed by atoms with E-state index in [1.165, 1.54) is 0 Å². The average molecular weight is 562 g/mol. The molecule has 0 aromatic heterocycles. The molecule has 12 nitrogen and oxygen atoms in total. The summed E-state index contributed by atoms with van der Waals surface area (Å²) in [7, 11) is -9.89. The minimum atomic E-state index is -4.94. The van der Waals surface area contributed by atoms with Gasteiger partial charge in [-0.15, -0.1) is 20.5 Å². The van der Waals surface area contributed by atoms with Crippen LogP contribution in [0.5, 0.6) is 0 Å². The Kier molecular flexibility index (Phi) is 17.3. The van der Waals surface area contributed by atoms with Crippen molar-refractivity contribution >= 4 is 23.9 Å². The molecule has 15 heteroatoms. The van der Waals surface area contributed by atoms with E-state index in [1.54, 1.807) is 0 Å². The van der Waals surface area contributed by atoms with Gasteiger partial charge in [0.1, 0.15) is 0 Å². The number of rotatable bonds is 0. The van der Waals surface area contributed by atoms with Crippen molar-refractivity contribution in [3.05, 3.63) is 0 Å². The zero-order chi connectivity index (χ0) is 26.0.